The topological polar surface area (TPSA) is 120 Å². The molecule has 0 unspecified atom stereocenters. The smallest absolute Gasteiger partial charge is 0.353 e. The average molecular weight is 288 g/mol. The van der Waals surface area contributed by atoms with Crippen molar-refractivity contribution in [1.82, 2.24) is 15.0 Å². The number of hydrogen-bond acceptors (Lipinski definition) is 8. The van der Waals surface area contributed by atoms with Gasteiger partial charge in [-0.05, 0) is 12.1 Å². The average Bonchev–Trinajstić information content (AvgIpc) is 2.80. The molecule has 0 aliphatic carbocycles. The van der Waals surface area contributed by atoms with Crippen molar-refractivity contribution in [3.05, 3.63) is 40.7 Å². The van der Waals surface area contributed by atoms with Gasteiger partial charge in [0.25, 0.3) is 0 Å². The second kappa shape index (κ2) is 4.70. The third-order valence-electron chi connectivity index (χ3n) is 2.55. The van der Waals surface area contributed by atoms with Crippen molar-refractivity contribution in [2.45, 2.75) is 0 Å². The summed E-state index contributed by atoms with van der Waals surface area (Å²) >= 11 is 1.37. The molecule has 1 aromatic carbocycles. The van der Waals surface area contributed by atoms with E-state index >= 15 is 0 Å². The lowest BCUT2D eigenvalue weighted by atomic mass is 10.3. The van der Waals surface area contributed by atoms with Gasteiger partial charge in [-0.15, -0.1) is 0 Å². The Balaban J connectivity index is 2.02. The van der Waals surface area contributed by atoms with Gasteiger partial charge in [-0.2, -0.15) is 0 Å². The molecule has 3 N–H and O–H groups in total. The molecule has 0 aliphatic rings. The van der Waals surface area contributed by atoms with Crippen LogP contribution in [0.3, 0.4) is 0 Å². The number of nitrogens with two attached hydrogens (primary N) is 1. The molecular formula is C11H8N6O2S. The van der Waals surface area contributed by atoms with Crippen molar-refractivity contribution in [2.24, 2.45) is 0 Å². The zero-order chi connectivity index (χ0) is 14.1. The number of nitro groups is 1. The number of benzene rings is 1. The quantitative estimate of drug-likeness (QED) is 0.560. The highest BCUT2D eigenvalue weighted by Gasteiger charge is 2.21. The summed E-state index contributed by atoms with van der Waals surface area (Å²) in [4.78, 5) is 22.2. The van der Waals surface area contributed by atoms with Crippen molar-refractivity contribution >= 4 is 44.0 Å². The third-order valence-corrected chi connectivity index (χ3v) is 3.50. The Labute approximate surface area is 116 Å². The summed E-state index contributed by atoms with van der Waals surface area (Å²) in [5.74, 6) is -0.157. The van der Waals surface area contributed by atoms with Crippen LogP contribution in [0.2, 0.25) is 0 Å². The Morgan fingerprint density at radius 3 is 2.85 bits per heavy atom. The number of para-hydroxylation sites is 1. The minimum atomic E-state index is -0.620. The van der Waals surface area contributed by atoms with Gasteiger partial charge in [0.15, 0.2) is 5.13 Å². The van der Waals surface area contributed by atoms with Gasteiger partial charge >= 0.3 is 5.69 Å². The van der Waals surface area contributed by atoms with E-state index in [9.17, 15) is 10.1 Å². The molecule has 8 nitrogen and oxygen atoms in total. The number of rotatable bonds is 3. The number of fused-ring (bicyclic) bond motifs is 1. The van der Waals surface area contributed by atoms with E-state index in [0.29, 0.717) is 5.13 Å². The van der Waals surface area contributed by atoms with Crippen LogP contribution in [0.15, 0.2) is 30.6 Å². The van der Waals surface area contributed by atoms with Gasteiger partial charge < -0.3 is 11.1 Å². The van der Waals surface area contributed by atoms with Gasteiger partial charge in [-0.25, -0.2) is 15.0 Å². The van der Waals surface area contributed by atoms with E-state index < -0.39 is 4.92 Å². The van der Waals surface area contributed by atoms with E-state index in [-0.39, 0.29) is 17.3 Å². The lowest BCUT2D eigenvalue weighted by Gasteiger charge is -2.03. The predicted octanol–water partition coefficient (Wildman–Crippen LogP) is 2.32. The second-order valence-corrected chi connectivity index (χ2v) is 4.86. The van der Waals surface area contributed by atoms with Crippen molar-refractivity contribution < 1.29 is 4.92 Å². The van der Waals surface area contributed by atoms with Gasteiger partial charge in [-0.3, -0.25) is 10.1 Å². The highest BCUT2D eigenvalue weighted by atomic mass is 32.1. The molecule has 0 saturated carbocycles. The molecule has 0 radical (unpaired) electrons. The Morgan fingerprint density at radius 2 is 2.10 bits per heavy atom. The van der Waals surface area contributed by atoms with Crippen LogP contribution in [0.5, 0.6) is 0 Å². The lowest BCUT2D eigenvalue weighted by Crippen LogP contribution is -2.04. The summed E-state index contributed by atoms with van der Waals surface area (Å²) in [6, 6.07) is 7.55. The predicted molar refractivity (Wildman–Crippen MR) is 76.0 cm³/mol. The second-order valence-electron chi connectivity index (χ2n) is 3.82. The molecule has 9 heteroatoms. The first kappa shape index (κ1) is 12.2. The van der Waals surface area contributed by atoms with E-state index in [1.807, 2.05) is 24.3 Å². The molecule has 100 valence electrons. The Hall–Kier alpha value is -2.81. The number of anilines is 3. The highest BCUT2D eigenvalue weighted by Crippen LogP contribution is 2.32. The first-order valence-electron chi connectivity index (χ1n) is 5.52. The standard InChI is InChI=1S/C11H8N6O2S/c12-9-8(17(18)19)10(14-5-13-9)16-11-15-6-3-1-2-4-7(6)20-11/h1-5H,(H3,12,13,14,15,16). The minimum absolute atomic E-state index is 0.0292. The van der Waals surface area contributed by atoms with E-state index in [1.165, 1.54) is 11.3 Å². The number of nitrogen functional groups attached to an aromatic ring is 1. The first-order valence-corrected chi connectivity index (χ1v) is 6.34. The van der Waals surface area contributed by atoms with Gasteiger partial charge in [0.1, 0.15) is 6.33 Å². The molecule has 20 heavy (non-hydrogen) atoms. The molecule has 0 fully saturated rings. The molecule has 0 spiro atoms. The van der Waals surface area contributed by atoms with E-state index in [2.05, 4.69) is 20.3 Å². The molecule has 2 heterocycles. The Kier molecular flexibility index (Phi) is 2.88. The molecule has 2 aromatic heterocycles. The van der Waals surface area contributed by atoms with Crippen molar-refractivity contribution in [2.75, 3.05) is 11.1 Å². The maximum absolute atomic E-state index is 11.0. The Bertz CT molecular complexity index is 769. The zero-order valence-electron chi connectivity index (χ0n) is 9.98. The maximum atomic E-state index is 11.0. The summed E-state index contributed by atoms with van der Waals surface area (Å²) in [6.45, 7) is 0. The fourth-order valence-corrected chi connectivity index (χ4v) is 2.56. The van der Waals surface area contributed by atoms with Crippen molar-refractivity contribution in [3.8, 4) is 0 Å². The molecule has 0 bridgehead atoms. The molecule has 3 aromatic rings. The molecule has 0 amide bonds. The largest absolute Gasteiger partial charge is 0.378 e. The number of aromatic nitrogens is 3. The molecular weight excluding hydrogens is 280 g/mol. The number of nitrogens with one attached hydrogen (secondary N) is 1. The summed E-state index contributed by atoms with van der Waals surface area (Å²) in [7, 11) is 0. The fraction of sp³-hybridized carbons (Fsp3) is 0. The fourth-order valence-electron chi connectivity index (χ4n) is 1.69. The monoisotopic (exact) mass is 288 g/mol. The molecule has 0 saturated heterocycles. The molecule has 0 atom stereocenters. The van der Waals surface area contributed by atoms with Crippen molar-refractivity contribution in [1.29, 1.82) is 0 Å². The maximum Gasteiger partial charge on any atom is 0.353 e. The minimum Gasteiger partial charge on any atom is -0.378 e. The number of thiazole rings is 1. The van der Waals surface area contributed by atoms with Gasteiger partial charge in [0, 0.05) is 0 Å². The van der Waals surface area contributed by atoms with Crippen LogP contribution in [0.1, 0.15) is 0 Å². The highest BCUT2D eigenvalue weighted by molar-refractivity contribution is 7.22. The summed E-state index contributed by atoms with van der Waals surface area (Å²) < 4.78 is 0.972. The lowest BCUT2D eigenvalue weighted by molar-refractivity contribution is -0.383. The van der Waals surface area contributed by atoms with Crippen molar-refractivity contribution in [3.63, 3.8) is 0 Å². The number of nitrogens with zero attached hydrogens (tertiary/aromatic N) is 4. The first-order chi connectivity index (χ1) is 9.65. The van der Waals surface area contributed by atoms with E-state index in [0.717, 1.165) is 16.5 Å². The summed E-state index contributed by atoms with van der Waals surface area (Å²) in [5, 5.41) is 14.3. The van der Waals surface area contributed by atoms with Gasteiger partial charge in [0.2, 0.25) is 11.6 Å². The van der Waals surface area contributed by atoms with E-state index in [4.69, 9.17) is 5.73 Å². The van der Waals surface area contributed by atoms with Crippen LogP contribution in [0, 0.1) is 10.1 Å². The van der Waals surface area contributed by atoms with Crippen LogP contribution >= 0.6 is 11.3 Å². The zero-order valence-corrected chi connectivity index (χ0v) is 10.8. The van der Waals surface area contributed by atoms with Crippen LogP contribution in [-0.4, -0.2) is 19.9 Å². The summed E-state index contributed by atoms with van der Waals surface area (Å²) in [6.07, 6.45) is 1.16. The van der Waals surface area contributed by atoms with Gasteiger partial charge in [0.05, 0.1) is 15.1 Å². The normalized spacial score (nSPS) is 10.6. The number of hydrogen-bond donors (Lipinski definition) is 2. The molecule has 0 aliphatic heterocycles. The summed E-state index contributed by atoms with van der Waals surface area (Å²) in [5.41, 5.74) is 5.96. The van der Waals surface area contributed by atoms with Crippen LogP contribution in [0.25, 0.3) is 10.2 Å². The van der Waals surface area contributed by atoms with Crippen LogP contribution in [0.4, 0.5) is 22.5 Å². The SMILES string of the molecule is Nc1ncnc(Nc2nc3ccccc3s2)c1[N+](=O)[O-]. The molecule has 3 rings (SSSR count). The van der Waals surface area contributed by atoms with E-state index in [1.54, 1.807) is 0 Å². The third kappa shape index (κ3) is 2.10. The Morgan fingerprint density at radius 1 is 1.30 bits per heavy atom. The van der Waals surface area contributed by atoms with Crippen LogP contribution < -0.4 is 11.1 Å². The van der Waals surface area contributed by atoms with Gasteiger partial charge in [-0.1, -0.05) is 23.5 Å². The van der Waals surface area contributed by atoms with Crippen LogP contribution in [-0.2, 0) is 0 Å².